The van der Waals surface area contributed by atoms with Gasteiger partial charge < -0.3 is 9.32 Å². The first-order chi connectivity index (χ1) is 27.7. The molecule has 10 aromatic carbocycles. The largest absolute Gasteiger partial charge is 0.456 e. The van der Waals surface area contributed by atoms with E-state index in [2.05, 4.69) is 217 Å². The minimum atomic E-state index is 0.890. The van der Waals surface area contributed by atoms with E-state index >= 15 is 0 Å². The fourth-order valence-electron chi connectivity index (χ4n) is 8.51. The van der Waals surface area contributed by atoms with Crippen molar-refractivity contribution in [2.45, 2.75) is 0 Å². The number of fused-ring (bicyclic) bond motifs is 7. The molecule has 2 nitrogen and oxygen atoms in total. The molecule has 1 heterocycles. The van der Waals surface area contributed by atoms with E-state index < -0.39 is 0 Å². The predicted octanol–water partition coefficient (Wildman–Crippen LogP) is 15.5. The van der Waals surface area contributed by atoms with Crippen molar-refractivity contribution < 1.29 is 4.42 Å². The number of nitrogens with zero attached hydrogens (tertiary/aromatic N) is 1. The van der Waals surface area contributed by atoms with Gasteiger partial charge in [0, 0.05) is 27.7 Å². The Hall–Kier alpha value is -7.42. The Morgan fingerprint density at radius 1 is 0.286 bits per heavy atom. The van der Waals surface area contributed by atoms with Crippen molar-refractivity contribution in [2.75, 3.05) is 4.90 Å². The molecule has 0 unspecified atom stereocenters. The molecule has 0 bridgehead atoms. The highest BCUT2D eigenvalue weighted by Gasteiger charge is 2.20. The van der Waals surface area contributed by atoms with Crippen LogP contribution < -0.4 is 4.90 Å². The number of para-hydroxylation sites is 1. The summed E-state index contributed by atoms with van der Waals surface area (Å²) < 4.78 is 6.41. The quantitative estimate of drug-likeness (QED) is 0.160. The summed E-state index contributed by atoms with van der Waals surface area (Å²) in [6, 6.07) is 76.6. The molecule has 1 aromatic heterocycles. The molecule has 0 radical (unpaired) electrons. The lowest BCUT2D eigenvalue weighted by molar-refractivity contribution is 0.669. The smallest absolute Gasteiger partial charge is 0.136 e. The molecular formula is C54H35NO. The number of benzene rings is 10. The van der Waals surface area contributed by atoms with Crippen LogP contribution in [-0.2, 0) is 0 Å². The van der Waals surface area contributed by atoms with Gasteiger partial charge in [-0.05, 0) is 121 Å². The molecule has 11 rings (SSSR count). The molecule has 56 heavy (non-hydrogen) atoms. The van der Waals surface area contributed by atoms with Crippen LogP contribution in [0.15, 0.2) is 217 Å². The molecule has 11 aromatic rings. The monoisotopic (exact) mass is 713 g/mol. The van der Waals surface area contributed by atoms with Crippen molar-refractivity contribution in [1.82, 2.24) is 0 Å². The summed E-state index contributed by atoms with van der Waals surface area (Å²) in [7, 11) is 0. The lowest BCUT2D eigenvalue weighted by Crippen LogP contribution is -2.11. The van der Waals surface area contributed by atoms with E-state index in [1.54, 1.807) is 0 Å². The van der Waals surface area contributed by atoms with Gasteiger partial charge in [0.25, 0.3) is 0 Å². The maximum absolute atomic E-state index is 6.41. The lowest BCUT2D eigenvalue weighted by Gasteiger charge is -2.28. The van der Waals surface area contributed by atoms with Crippen LogP contribution in [0.1, 0.15) is 0 Å². The van der Waals surface area contributed by atoms with Gasteiger partial charge in [-0.25, -0.2) is 0 Å². The van der Waals surface area contributed by atoms with E-state index in [9.17, 15) is 0 Å². The molecule has 0 N–H and O–H groups in total. The average Bonchev–Trinajstić information content (AvgIpc) is 3.63. The molecule has 0 aliphatic heterocycles. The number of furan rings is 1. The van der Waals surface area contributed by atoms with Crippen molar-refractivity contribution in [1.29, 1.82) is 0 Å². The fraction of sp³-hybridized carbons (Fsp3) is 0. The molecule has 0 saturated carbocycles. The van der Waals surface area contributed by atoms with Crippen molar-refractivity contribution in [3.05, 3.63) is 212 Å². The fourth-order valence-corrected chi connectivity index (χ4v) is 8.51. The molecule has 0 atom stereocenters. The number of anilines is 3. The van der Waals surface area contributed by atoms with Gasteiger partial charge in [-0.3, -0.25) is 0 Å². The molecule has 262 valence electrons. The van der Waals surface area contributed by atoms with Crippen molar-refractivity contribution in [3.63, 3.8) is 0 Å². The van der Waals surface area contributed by atoms with E-state index in [4.69, 9.17) is 4.42 Å². The van der Waals surface area contributed by atoms with E-state index in [0.717, 1.165) is 50.1 Å². The van der Waals surface area contributed by atoms with E-state index in [1.807, 2.05) is 0 Å². The molecular weight excluding hydrogens is 679 g/mol. The third-order valence-electron chi connectivity index (χ3n) is 11.2. The van der Waals surface area contributed by atoms with Crippen LogP contribution in [0.3, 0.4) is 0 Å². The summed E-state index contributed by atoms with van der Waals surface area (Å²) in [5.41, 5.74) is 12.1. The van der Waals surface area contributed by atoms with E-state index in [1.165, 1.54) is 54.6 Å². The molecule has 0 aliphatic rings. The van der Waals surface area contributed by atoms with Crippen LogP contribution in [0.2, 0.25) is 0 Å². The van der Waals surface area contributed by atoms with Crippen molar-refractivity contribution >= 4 is 71.3 Å². The van der Waals surface area contributed by atoms with Gasteiger partial charge in [-0.2, -0.15) is 0 Å². The lowest BCUT2D eigenvalue weighted by atomic mass is 9.93. The molecule has 0 fully saturated rings. The summed E-state index contributed by atoms with van der Waals surface area (Å²) in [6.07, 6.45) is 0. The Kier molecular flexibility index (Phi) is 7.53. The second kappa shape index (κ2) is 13.2. The van der Waals surface area contributed by atoms with Gasteiger partial charge in [0.15, 0.2) is 0 Å². The Balaban J connectivity index is 1.08. The maximum atomic E-state index is 6.41. The Labute approximate surface area is 325 Å². The van der Waals surface area contributed by atoms with Gasteiger partial charge >= 0.3 is 0 Å². The highest BCUT2D eigenvalue weighted by Crippen LogP contribution is 2.44. The third-order valence-corrected chi connectivity index (χ3v) is 11.2. The van der Waals surface area contributed by atoms with Crippen LogP contribution in [0.25, 0.3) is 87.6 Å². The van der Waals surface area contributed by atoms with Gasteiger partial charge in [0.2, 0.25) is 0 Å². The Bertz CT molecular complexity index is 3250. The zero-order valence-electron chi connectivity index (χ0n) is 30.6. The summed E-state index contributed by atoms with van der Waals surface area (Å²) in [4.78, 5) is 2.40. The van der Waals surface area contributed by atoms with E-state index in [-0.39, 0.29) is 0 Å². The number of rotatable bonds is 6. The Morgan fingerprint density at radius 3 is 1.77 bits per heavy atom. The van der Waals surface area contributed by atoms with Gasteiger partial charge in [0.05, 0.1) is 5.69 Å². The molecule has 2 heteroatoms. The van der Waals surface area contributed by atoms with E-state index in [0.29, 0.717) is 0 Å². The average molecular weight is 714 g/mol. The number of hydrogen-bond acceptors (Lipinski definition) is 2. The zero-order chi connectivity index (χ0) is 37.0. The SMILES string of the molecule is c1ccc(-c2cccc(N(c3ccc(-c4cc5ccccc5c5ccccc45)cc3)c3ccccc3-c3ccc4oc5cc6ccccc6cc5c4c3)c2)cc1. The first-order valence-electron chi connectivity index (χ1n) is 19.2. The topological polar surface area (TPSA) is 16.4 Å². The van der Waals surface area contributed by atoms with Gasteiger partial charge in [-0.1, -0.05) is 152 Å². The molecule has 0 spiro atoms. The van der Waals surface area contributed by atoms with Gasteiger partial charge in [-0.15, -0.1) is 0 Å². The minimum Gasteiger partial charge on any atom is -0.456 e. The summed E-state index contributed by atoms with van der Waals surface area (Å²) in [6.45, 7) is 0. The number of hydrogen-bond donors (Lipinski definition) is 0. The van der Waals surface area contributed by atoms with Crippen LogP contribution in [0.4, 0.5) is 17.1 Å². The normalized spacial score (nSPS) is 11.6. The van der Waals surface area contributed by atoms with Crippen LogP contribution in [-0.4, -0.2) is 0 Å². The molecule has 0 amide bonds. The van der Waals surface area contributed by atoms with Crippen LogP contribution in [0.5, 0.6) is 0 Å². The summed E-state index contributed by atoms with van der Waals surface area (Å²) in [5, 5.41) is 9.68. The molecule has 0 aliphatic carbocycles. The predicted molar refractivity (Wildman–Crippen MR) is 237 cm³/mol. The standard InChI is InChI=1S/C54H35NO/c1-2-13-36(14-3-1)38-18-12-19-44(31-38)55(43-28-25-37(26-29-43)49-33-41-17-6-7-20-45(41)47-22-8-9-23-48(47)49)52-24-11-10-21-46(52)42-27-30-53-50(34-42)51-32-39-15-4-5-16-40(39)35-54(51)56-53/h1-35H. The summed E-state index contributed by atoms with van der Waals surface area (Å²) in [5.74, 6) is 0. The van der Waals surface area contributed by atoms with Crippen molar-refractivity contribution in [2.24, 2.45) is 0 Å². The maximum Gasteiger partial charge on any atom is 0.136 e. The van der Waals surface area contributed by atoms with Gasteiger partial charge in [0.1, 0.15) is 11.2 Å². The minimum absolute atomic E-state index is 0.890. The Morgan fingerprint density at radius 2 is 0.929 bits per heavy atom. The van der Waals surface area contributed by atoms with Crippen LogP contribution >= 0.6 is 0 Å². The second-order valence-corrected chi connectivity index (χ2v) is 14.5. The summed E-state index contributed by atoms with van der Waals surface area (Å²) >= 11 is 0. The van der Waals surface area contributed by atoms with Crippen molar-refractivity contribution in [3.8, 4) is 33.4 Å². The molecule has 0 saturated heterocycles. The first-order valence-corrected chi connectivity index (χ1v) is 19.2. The highest BCUT2D eigenvalue weighted by molar-refractivity contribution is 6.14. The third kappa shape index (κ3) is 5.42. The highest BCUT2D eigenvalue weighted by atomic mass is 16.3. The first kappa shape index (κ1) is 32.0. The second-order valence-electron chi connectivity index (χ2n) is 14.5. The van der Waals surface area contributed by atoms with Crippen LogP contribution in [0, 0.1) is 0 Å². The zero-order valence-corrected chi connectivity index (χ0v) is 30.6.